The fourth-order valence-corrected chi connectivity index (χ4v) is 1.40. The van der Waals surface area contributed by atoms with Crippen molar-refractivity contribution in [2.75, 3.05) is 0 Å². The molecule has 1 fully saturated rings. The molecule has 0 unspecified atom stereocenters. The summed E-state index contributed by atoms with van der Waals surface area (Å²) in [5.74, 6) is 0.00204. The maximum Gasteiger partial charge on any atom is 0.269 e. The average Bonchev–Trinajstić information content (AvgIpc) is 2.87. The maximum atomic E-state index is 11.7. The molecule has 1 aromatic rings. The van der Waals surface area contributed by atoms with Crippen molar-refractivity contribution in [3.8, 4) is 0 Å². The van der Waals surface area contributed by atoms with Crippen LogP contribution in [0.15, 0.2) is 6.07 Å². The van der Waals surface area contributed by atoms with Crippen LogP contribution in [0.2, 0.25) is 0 Å². The summed E-state index contributed by atoms with van der Waals surface area (Å²) in [7, 11) is 1.81. The highest BCUT2D eigenvalue weighted by atomic mass is 16.2. The van der Waals surface area contributed by atoms with E-state index in [0.29, 0.717) is 11.7 Å². The zero-order valence-corrected chi connectivity index (χ0v) is 8.58. The molecular weight excluding hydrogens is 178 g/mol. The van der Waals surface area contributed by atoms with Crippen LogP contribution in [0.4, 0.5) is 0 Å². The number of hydrogen-bond acceptors (Lipinski definition) is 2. The molecular formula is C10H15N3O. The third-order valence-corrected chi connectivity index (χ3v) is 2.44. The SMILES string of the molecule is CCc1cc(C(=O)NC2CC2)n(C)n1. The molecule has 0 saturated heterocycles. The molecule has 1 aromatic heterocycles. The second kappa shape index (κ2) is 3.44. The van der Waals surface area contributed by atoms with E-state index in [1.54, 1.807) is 11.7 Å². The van der Waals surface area contributed by atoms with Crippen molar-refractivity contribution in [2.24, 2.45) is 7.05 Å². The molecule has 1 saturated carbocycles. The molecule has 0 radical (unpaired) electrons. The lowest BCUT2D eigenvalue weighted by Gasteiger charge is -2.01. The molecule has 1 N–H and O–H groups in total. The summed E-state index contributed by atoms with van der Waals surface area (Å²) in [6.07, 6.45) is 3.10. The Kier molecular flexibility index (Phi) is 2.27. The molecule has 2 rings (SSSR count). The molecule has 1 amide bonds. The minimum atomic E-state index is 0.00204. The van der Waals surface area contributed by atoms with E-state index < -0.39 is 0 Å². The molecule has 4 heteroatoms. The third-order valence-electron chi connectivity index (χ3n) is 2.44. The Morgan fingerprint density at radius 2 is 2.43 bits per heavy atom. The van der Waals surface area contributed by atoms with Crippen molar-refractivity contribution in [2.45, 2.75) is 32.2 Å². The lowest BCUT2D eigenvalue weighted by molar-refractivity contribution is 0.0941. The number of nitrogens with zero attached hydrogens (tertiary/aromatic N) is 2. The molecule has 0 aromatic carbocycles. The van der Waals surface area contributed by atoms with E-state index in [1.807, 2.05) is 13.0 Å². The van der Waals surface area contributed by atoms with Crippen LogP contribution in [-0.2, 0) is 13.5 Å². The van der Waals surface area contributed by atoms with Crippen LogP contribution >= 0.6 is 0 Å². The van der Waals surface area contributed by atoms with Gasteiger partial charge < -0.3 is 5.32 Å². The summed E-state index contributed by atoms with van der Waals surface area (Å²) in [6.45, 7) is 2.03. The van der Waals surface area contributed by atoms with Gasteiger partial charge in [0.05, 0.1) is 5.69 Å². The topological polar surface area (TPSA) is 46.9 Å². The first-order valence-electron chi connectivity index (χ1n) is 5.04. The Morgan fingerprint density at radius 3 is 2.93 bits per heavy atom. The zero-order valence-electron chi connectivity index (χ0n) is 8.58. The number of carbonyl (C=O) groups excluding carboxylic acids is 1. The molecule has 0 spiro atoms. The second-order valence-electron chi connectivity index (χ2n) is 3.75. The Balaban J connectivity index is 2.12. The van der Waals surface area contributed by atoms with E-state index in [0.717, 1.165) is 25.0 Å². The van der Waals surface area contributed by atoms with Gasteiger partial charge in [-0.1, -0.05) is 6.92 Å². The number of hydrogen-bond donors (Lipinski definition) is 1. The third kappa shape index (κ3) is 1.78. The smallest absolute Gasteiger partial charge is 0.269 e. The minimum absolute atomic E-state index is 0.00204. The molecule has 1 aliphatic carbocycles. The van der Waals surface area contributed by atoms with E-state index >= 15 is 0 Å². The fourth-order valence-electron chi connectivity index (χ4n) is 1.40. The first-order chi connectivity index (χ1) is 6.70. The van der Waals surface area contributed by atoms with Gasteiger partial charge in [0.1, 0.15) is 5.69 Å². The number of aryl methyl sites for hydroxylation is 2. The van der Waals surface area contributed by atoms with Gasteiger partial charge in [-0.2, -0.15) is 5.10 Å². The normalized spacial score (nSPS) is 15.6. The lowest BCUT2D eigenvalue weighted by Crippen LogP contribution is -2.27. The predicted octanol–water partition coefficient (Wildman–Crippen LogP) is 0.875. The average molecular weight is 193 g/mol. The van der Waals surface area contributed by atoms with Gasteiger partial charge in [0.25, 0.3) is 5.91 Å². The molecule has 0 aliphatic heterocycles. The van der Waals surface area contributed by atoms with Crippen LogP contribution in [0.3, 0.4) is 0 Å². The van der Waals surface area contributed by atoms with E-state index in [-0.39, 0.29) is 5.91 Å². The molecule has 0 bridgehead atoms. The first kappa shape index (κ1) is 9.24. The first-order valence-corrected chi connectivity index (χ1v) is 5.04. The van der Waals surface area contributed by atoms with Crippen LogP contribution in [0, 0.1) is 0 Å². The standard InChI is InChI=1S/C10H15N3O/c1-3-7-6-9(13(2)12-7)10(14)11-8-4-5-8/h6,8H,3-5H2,1-2H3,(H,11,14). The summed E-state index contributed by atoms with van der Waals surface area (Å²) in [4.78, 5) is 11.7. The van der Waals surface area contributed by atoms with Crippen molar-refractivity contribution < 1.29 is 4.79 Å². The van der Waals surface area contributed by atoms with Crippen molar-refractivity contribution in [3.63, 3.8) is 0 Å². The number of nitrogens with one attached hydrogen (secondary N) is 1. The Morgan fingerprint density at radius 1 is 1.71 bits per heavy atom. The lowest BCUT2D eigenvalue weighted by atomic mass is 10.3. The van der Waals surface area contributed by atoms with Crippen LogP contribution < -0.4 is 5.32 Å². The van der Waals surface area contributed by atoms with Gasteiger partial charge in [-0.3, -0.25) is 9.48 Å². The second-order valence-corrected chi connectivity index (χ2v) is 3.75. The molecule has 1 aliphatic rings. The van der Waals surface area contributed by atoms with Gasteiger partial charge in [-0.05, 0) is 25.3 Å². The van der Waals surface area contributed by atoms with Gasteiger partial charge in [0.15, 0.2) is 0 Å². The highest BCUT2D eigenvalue weighted by Crippen LogP contribution is 2.19. The molecule has 4 nitrogen and oxygen atoms in total. The van der Waals surface area contributed by atoms with Crippen molar-refractivity contribution >= 4 is 5.91 Å². The van der Waals surface area contributed by atoms with E-state index in [2.05, 4.69) is 10.4 Å². The monoisotopic (exact) mass is 193 g/mol. The Hall–Kier alpha value is -1.32. The summed E-state index contributed by atoms with van der Waals surface area (Å²) in [5, 5.41) is 7.18. The quantitative estimate of drug-likeness (QED) is 0.774. The van der Waals surface area contributed by atoms with Crippen molar-refractivity contribution in [3.05, 3.63) is 17.5 Å². The van der Waals surface area contributed by atoms with Gasteiger partial charge in [0, 0.05) is 13.1 Å². The van der Waals surface area contributed by atoms with Gasteiger partial charge in [0.2, 0.25) is 0 Å². The fraction of sp³-hybridized carbons (Fsp3) is 0.600. The Bertz CT molecular complexity index is 352. The molecule has 76 valence electrons. The van der Waals surface area contributed by atoms with E-state index in [4.69, 9.17) is 0 Å². The van der Waals surface area contributed by atoms with Crippen LogP contribution in [0.1, 0.15) is 35.9 Å². The van der Waals surface area contributed by atoms with E-state index in [9.17, 15) is 4.79 Å². The predicted molar refractivity (Wildman–Crippen MR) is 53.1 cm³/mol. The van der Waals surface area contributed by atoms with Crippen molar-refractivity contribution in [1.29, 1.82) is 0 Å². The minimum Gasteiger partial charge on any atom is -0.348 e. The van der Waals surface area contributed by atoms with Gasteiger partial charge in [-0.25, -0.2) is 0 Å². The van der Waals surface area contributed by atoms with Gasteiger partial charge >= 0.3 is 0 Å². The number of carbonyl (C=O) groups is 1. The van der Waals surface area contributed by atoms with Crippen LogP contribution in [0.5, 0.6) is 0 Å². The van der Waals surface area contributed by atoms with Crippen LogP contribution in [-0.4, -0.2) is 21.7 Å². The maximum absolute atomic E-state index is 11.7. The highest BCUT2D eigenvalue weighted by Gasteiger charge is 2.25. The van der Waals surface area contributed by atoms with E-state index in [1.165, 1.54) is 0 Å². The largest absolute Gasteiger partial charge is 0.348 e. The molecule has 14 heavy (non-hydrogen) atoms. The summed E-state index contributed by atoms with van der Waals surface area (Å²) in [5.41, 5.74) is 1.63. The number of aromatic nitrogens is 2. The number of amides is 1. The molecule has 1 heterocycles. The van der Waals surface area contributed by atoms with Crippen molar-refractivity contribution in [1.82, 2.24) is 15.1 Å². The number of rotatable bonds is 3. The molecule has 0 atom stereocenters. The highest BCUT2D eigenvalue weighted by molar-refractivity contribution is 5.93. The summed E-state index contributed by atoms with van der Waals surface area (Å²) >= 11 is 0. The van der Waals surface area contributed by atoms with Crippen LogP contribution in [0.25, 0.3) is 0 Å². The summed E-state index contributed by atoms with van der Waals surface area (Å²) < 4.78 is 1.65. The van der Waals surface area contributed by atoms with Gasteiger partial charge in [-0.15, -0.1) is 0 Å². The Labute approximate surface area is 83.3 Å². The summed E-state index contributed by atoms with van der Waals surface area (Å²) in [6, 6.07) is 2.26. The zero-order chi connectivity index (χ0) is 10.1.